The summed E-state index contributed by atoms with van der Waals surface area (Å²) >= 11 is 7.43. The fourth-order valence-electron chi connectivity index (χ4n) is 3.60. The third kappa shape index (κ3) is 6.12. The SMILES string of the molecule is Cc1ccc(-c2nc(N/N=C\c3ccc(OC(=O)c4ccc(Cl)cc4)cc3)sc2-c2ccccc2)cc1. The van der Waals surface area contributed by atoms with Crippen LogP contribution in [0.15, 0.2) is 108 Å². The maximum Gasteiger partial charge on any atom is 0.343 e. The van der Waals surface area contributed by atoms with Gasteiger partial charge in [-0.3, -0.25) is 5.43 Å². The number of hydrogen-bond acceptors (Lipinski definition) is 6. The minimum atomic E-state index is -0.442. The predicted molar refractivity (Wildman–Crippen MR) is 152 cm³/mol. The number of halogens is 1. The number of rotatable bonds is 7. The van der Waals surface area contributed by atoms with Gasteiger partial charge in [0, 0.05) is 10.6 Å². The minimum absolute atomic E-state index is 0.433. The lowest BCUT2D eigenvalue weighted by atomic mass is 10.1. The zero-order valence-electron chi connectivity index (χ0n) is 19.9. The number of hydrogen-bond donors (Lipinski definition) is 1. The smallest absolute Gasteiger partial charge is 0.343 e. The summed E-state index contributed by atoms with van der Waals surface area (Å²) in [5, 5.41) is 5.62. The summed E-state index contributed by atoms with van der Waals surface area (Å²) < 4.78 is 5.43. The largest absolute Gasteiger partial charge is 0.423 e. The third-order valence-corrected chi connectivity index (χ3v) is 6.79. The maximum atomic E-state index is 12.3. The van der Waals surface area contributed by atoms with Crippen molar-refractivity contribution in [2.45, 2.75) is 6.92 Å². The van der Waals surface area contributed by atoms with Crippen molar-refractivity contribution in [3.05, 3.63) is 125 Å². The highest BCUT2D eigenvalue weighted by Crippen LogP contribution is 2.39. The first-order valence-corrected chi connectivity index (χ1v) is 12.7. The molecule has 0 saturated heterocycles. The molecule has 4 aromatic carbocycles. The average molecular weight is 524 g/mol. The standard InChI is InChI=1S/C30H22ClN3O2S/c1-20-7-11-22(12-8-20)27-28(23-5-3-2-4-6-23)37-30(33-27)34-32-19-21-9-17-26(18-10-21)36-29(35)24-13-15-25(31)16-14-24/h2-19H,1H3,(H,33,34)/b32-19-. The van der Waals surface area contributed by atoms with E-state index in [1.54, 1.807) is 53.9 Å². The van der Waals surface area contributed by atoms with Crippen LogP contribution in [0.1, 0.15) is 21.5 Å². The molecule has 0 fully saturated rings. The van der Waals surface area contributed by atoms with E-state index in [0.717, 1.165) is 27.3 Å². The molecule has 0 bridgehead atoms. The van der Waals surface area contributed by atoms with Crippen molar-refractivity contribution >= 4 is 40.3 Å². The molecule has 0 amide bonds. The van der Waals surface area contributed by atoms with Gasteiger partial charge in [-0.25, -0.2) is 9.78 Å². The quantitative estimate of drug-likeness (QED) is 0.101. The molecule has 0 atom stereocenters. The Hall–Kier alpha value is -4.26. The van der Waals surface area contributed by atoms with E-state index < -0.39 is 5.97 Å². The number of nitrogens with zero attached hydrogens (tertiary/aromatic N) is 2. The Labute approximate surface area is 224 Å². The lowest BCUT2D eigenvalue weighted by Gasteiger charge is -2.04. The van der Waals surface area contributed by atoms with Crippen molar-refractivity contribution in [1.29, 1.82) is 0 Å². The number of aromatic nitrogens is 1. The van der Waals surface area contributed by atoms with Crippen LogP contribution < -0.4 is 10.2 Å². The first-order chi connectivity index (χ1) is 18.0. The number of esters is 1. The van der Waals surface area contributed by atoms with Gasteiger partial charge in [-0.2, -0.15) is 5.10 Å². The fraction of sp³-hybridized carbons (Fsp3) is 0.0333. The molecule has 37 heavy (non-hydrogen) atoms. The lowest BCUT2D eigenvalue weighted by molar-refractivity contribution is 0.0735. The molecule has 1 heterocycles. The van der Waals surface area contributed by atoms with Crippen molar-refractivity contribution in [3.8, 4) is 27.4 Å². The summed E-state index contributed by atoms with van der Waals surface area (Å²) in [5.74, 6) is 0.00217. The predicted octanol–water partition coefficient (Wildman–Crippen LogP) is 8.10. The number of aryl methyl sites for hydroxylation is 1. The molecular formula is C30H22ClN3O2S. The number of hydrazone groups is 1. The van der Waals surface area contributed by atoms with Crippen molar-refractivity contribution in [2.24, 2.45) is 5.10 Å². The molecular weight excluding hydrogens is 502 g/mol. The van der Waals surface area contributed by atoms with Gasteiger partial charge in [-0.05, 0) is 66.6 Å². The maximum absolute atomic E-state index is 12.3. The van der Waals surface area contributed by atoms with Crippen LogP contribution in [0.2, 0.25) is 5.02 Å². The summed E-state index contributed by atoms with van der Waals surface area (Å²) in [7, 11) is 0. The van der Waals surface area contributed by atoms with Gasteiger partial charge in [0.1, 0.15) is 5.75 Å². The topological polar surface area (TPSA) is 63.6 Å². The van der Waals surface area contributed by atoms with Gasteiger partial charge in [0.05, 0.1) is 22.3 Å². The van der Waals surface area contributed by atoms with E-state index in [1.165, 1.54) is 5.56 Å². The molecule has 5 aromatic rings. The highest BCUT2D eigenvalue weighted by atomic mass is 35.5. The van der Waals surface area contributed by atoms with Crippen LogP contribution in [0.4, 0.5) is 5.13 Å². The van der Waals surface area contributed by atoms with Crippen molar-refractivity contribution < 1.29 is 9.53 Å². The monoisotopic (exact) mass is 523 g/mol. The van der Waals surface area contributed by atoms with Gasteiger partial charge < -0.3 is 4.74 Å². The number of nitrogens with one attached hydrogen (secondary N) is 1. The Morgan fingerprint density at radius 3 is 2.30 bits per heavy atom. The average Bonchev–Trinajstić information content (AvgIpc) is 3.35. The van der Waals surface area contributed by atoms with Gasteiger partial charge in [0.2, 0.25) is 5.13 Å². The molecule has 0 aliphatic heterocycles. The molecule has 0 aliphatic rings. The highest BCUT2D eigenvalue weighted by Gasteiger charge is 2.15. The summed E-state index contributed by atoms with van der Waals surface area (Å²) in [5.41, 5.74) is 8.62. The first-order valence-electron chi connectivity index (χ1n) is 11.6. The Morgan fingerprint density at radius 2 is 1.59 bits per heavy atom. The Kier molecular flexibility index (Phi) is 7.40. The molecule has 0 spiro atoms. The second-order valence-electron chi connectivity index (χ2n) is 8.26. The van der Waals surface area contributed by atoms with Gasteiger partial charge in [0.25, 0.3) is 0 Å². The second kappa shape index (κ2) is 11.2. The number of carbonyl (C=O) groups is 1. The van der Waals surface area contributed by atoms with E-state index in [2.05, 4.69) is 53.8 Å². The van der Waals surface area contributed by atoms with Crippen molar-refractivity contribution in [3.63, 3.8) is 0 Å². The van der Waals surface area contributed by atoms with Gasteiger partial charge in [0.15, 0.2) is 0 Å². The van der Waals surface area contributed by atoms with E-state index in [0.29, 0.717) is 21.5 Å². The number of carbonyl (C=O) groups excluding carboxylic acids is 1. The molecule has 5 nitrogen and oxygen atoms in total. The van der Waals surface area contributed by atoms with Crippen molar-refractivity contribution in [2.75, 3.05) is 5.43 Å². The second-order valence-corrected chi connectivity index (χ2v) is 9.70. The lowest BCUT2D eigenvalue weighted by Crippen LogP contribution is -2.08. The molecule has 0 radical (unpaired) electrons. The van der Waals surface area contributed by atoms with Crippen LogP contribution in [-0.2, 0) is 0 Å². The van der Waals surface area contributed by atoms with Crippen LogP contribution >= 0.6 is 22.9 Å². The minimum Gasteiger partial charge on any atom is -0.423 e. The number of benzene rings is 4. The van der Waals surface area contributed by atoms with E-state index in [4.69, 9.17) is 21.3 Å². The fourth-order valence-corrected chi connectivity index (χ4v) is 4.66. The zero-order chi connectivity index (χ0) is 25.6. The van der Waals surface area contributed by atoms with Gasteiger partial charge in [-0.1, -0.05) is 83.1 Å². The Bertz CT molecular complexity index is 1530. The zero-order valence-corrected chi connectivity index (χ0v) is 21.5. The summed E-state index contributed by atoms with van der Waals surface area (Å²) in [6.45, 7) is 2.07. The summed E-state index contributed by atoms with van der Waals surface area (Å²) in [6, 6.07) is 32.2. The van der Waals surface area contributed by atoms with Gasteiger partial charge in [-0.15, -0.1) is 0 Å². The normalized spacial score (nSPS) is 11.0. The number of ether oxygens (including phenoxy) is 1. The van der Waals surface area contributed by atoms with Crippen LogP contribution in [-0.4, -0.2) is 17.2 Å². The van der Waals surface area contributed by atoms with Gasteiger partial charge >= 0.3 is 5.97 Å². The Balaban J connectivity index is 1.28. The van der Waals surface area contributed by atoms with Crippen LogP contribution in [0.5, 0.6) is 5.75 Å². The van der Waals surface area contributed by atoms with Crippen molar-refractivity contribution in [1.82, 2.24) is 4.98 Å². The van der Waals surface area contributed by atoms with Crippen LogP contribution in [0, 0.1) is 6.92 Å². The van der Waals surface area contributed by atoms with E-state index >= 15 is 0 Å². The molecule has 0 unspecified atom stereocenters. The molecule has 0 saturated carbocycles. The van der Waals surface area contributed by atoms with Crippen LogP contribution in [0.25, 0.3) is 21.7 Å². The third-order valence-electron chi connectivity index (χ3n) is 5.53. The summed E-state index contributed by atoms with van der Waals surface area (Å²) in [4.78, 5) is 18.2. The van der Waals surface area contributed by atoms with E-state index in [9.17, 15) is 4.79 Å². The van der Waals surface area contributed by atoms with E-state index in [-0.39, 0.29) is 0 Å². The molecule has 5 rings (SSSR count). The Morgan fingerprint density at radius 1 is 0.892 bits per heavy atom. The van der Waals surface area contributed by atoms with E-state index in [1.807, 2.05) is 30.3 Å². The molecule has 7 heteroatoms. The van der Waals surface area contributed by atoms with Crippen LogP contribution in [0.3, 0.4) is 0 Å². The first kappa shape index (κ1) is 24.4. The molecule has 0 aliphatic carbocycles. The molecule has 1 aromatic heterocycles. The summed E-state index contributed by atoms with van der Waals surface area (Å²) in [6.07, 6.45) is 1.69. The molecule has 182 valence electrons. The molecule has 1 N–H and O–H groups in total. The number of thiazole rings is 1. The highest BCUT2D eigenvalue weighted by molar-refractivity contribution is 7.19. The number of anilines is 1.